The van der Waals surface area contributed by atoms with Crippen LogP contribution in [0.25, 0.3) is 0 Å². The van der Waals surface area contributed by atoms with E-state index in [4.69, 9.17) is 4.74 Å². The normalized spacial score (nSPS) is 26.8. The monoisotopic (exact) mass is 610 g/mol. The van der Waals surface area contributed by atoms with Crippen LogP contribution in [0.1, 0.15) is 18.1 Å². The summed E-state index contributed by atoms with van der Waals surface area (Å²) in [4.78, 5) is 39.8. The number of aliphatic hydroxyl groups is 8. The van der Waals surface area contributed by atoms with E-state index in [2.05, 4.69) is 10.2 Å². The molecule has 43 heavy (non-hydrogen) atoms. The fourth-order valence-corrected chi connectivity index (χ4v) is 4.80. The number of amides is 3. The van der Waals surface area contributed by atoms with Crippen molar-refractivity contribution in [3.8, 4) is 0 Å². The third-order valence-corrected chi connectivity index (χ3v) is 7.33. The zero-order valence-electron chi connectivity index (χ0n) is 22.7. The van der Waals surface area contributed by atoms with E-state index < -0.39 is 70.2 Å². The lowest BCUT2D eigenvalue weighted by Crippen LogP contribution is -2.85. The molecule has 1 unspecified atom stereocenters. The third-order valence-electron chi connectivity index (χ3n) is 7.33. The van der Waals surface area contributed by atoms with Gasteiger partial charge in [-0.05, 0) is 18.6 Å². The molecule has 3 amide bonds. The van der Waals surface area contributed by atoms with Gasteiger partial charge in [0.25, 0.3) is 29.2 Å². The topological polar surface area (TPSA) is 253 Å². The van der Waals surface area contributed by atoms with Crippen molar-refractivity contribution in [2.75, 3.05) is 32.8 Å². The Balaban J connectivity index is 1.64. The van der Waals surface area contributed by atoms with Crippen LogP contribution in [0.3, 0.4) is 0 Å². The highest BCUT2D eigenvalue weighted by Crippen LogP contribution is 2.41. The summed E-state index contributed by atoms with van der Waals surface area (Å²) in [6.07, 6.45) is 1.02. The van der Waals surface area contributed by atoms with Gasteiger partial charge in [0.15, 0.2) is 11.5 Å². The largest absolute Gasteiger partial charge is 0.509 e. The lowest BCUT2D eigenvalue weighted by Gasteiger charge is -2.49. The van der Waals surface area contributed by atoms with Crippen molar-refractivity contribution in [1.82, 2.24) is 20.4 Å². The second-order valence-electron chi connectivity index (χ2n) is 10.2. The van der Waals surface area contributed by atoms with Crippen molar-refractivity contribution >= 4 is 17.7 Å². The average Bonchev–Trinajstić information content (AvgIpc) is 3.28. The summed E-state index contributed by atoms with van der Waals surface area (Å²) in [5.74, 6) is -18.1. The molecule has 16 nitrogen and oxygen atoms in total. The maximum Gasteiger partial charge on any atom is 0.306 e. The second kappa shape index (κ2) is 11.5. The van der Waals surface area contributed by atoms with Crippen LogP contribution >= 0.6 is 0 Å². The first-order chi connectivity index (χ1) is 20.0. The SMILES string of the molecule is C\C(O)=C(O)/C(O)=C1/C(=O)N(C2(O)C(=O)NC(=O)C(O)(O)C2(O)O)C/C1=C\NCc1ccc(CN2CCOCC2)cc1F. The molecule has 0 radical (unpaired) electrons. The zero-order valence-corrected chi connectivity index (χ0v) is 22.7. The average molecular weight is 611 g/mol. The number of imide groups is 1. The van der Waals surface area contributed by atoms with Crippen molar-refractivity contribution in [1.29, 1.82) is 0 Å². The highest BCUT2D eigenvalue weighted by atomic mass is 19.1. The number of ether oxygens (including phenoxy) is 1. The molecule has 17 heteroatoms. The molecule has 0 aromatic heterocycles. The number of rotatable bonds is 7. The van der Waals surface area contributed by atoms with Gasteiger partial charge in [0.2, 0.25) is 0 Å². The number of piperidine rings is 1. The Labute approximate surface area is 242 Å². The fourth-order valence-electron chi connectivity index (χ4n) is 4.80. The summed E-state index contributed by atoms with van der Waals surface area (Å²) in [5, 5.41) is 86.0. The number of nitrogens with zero attached hydrogens (tertiary/aromatic N) is 2. The Hall–Kier alpha value is -4.10. The third kappa shape index (κ3) is 5.42. The maximum atomic E-state index is 14.9. The van der Waals surface area contributed by atoms with E-state index in [1.807, 2.05) is 0 Å². The number of nitrogens with one attached hydrogen (secondary N) is 2. The number of carbonyl (C=O) groups is 3. The molecule has 0 aliphatic carbocycles. The molecule has 0 spiro atoms. The van der Waals surface area contributed by atoms with Crippen LogP contribution in [0.15, 0.2) is 52.8 Å². The van der Waals surface area contributed by atoms with Gasteiger partial charge < -0.3 is 50.9 Å². The van der Waals surface area contributed by atoms with E-state index in [1.165, 1.54) is 17.4 Å². The number of hydrogen-bond acceptors (Lipinski definition) is 14. The summed E-state index contributed by atoms with van der Waals surface area (Å²) < 4.78 is 20.2. The van der Waals surface area contributed by atoms with Crippen LogP contribution in [0.4, 0.5) is 4.39 Å². The molecular formula is C26H31FN4O12. The summed E-state index contributed by atoms with van der Waals surface area (Å²) >= 11 is 0. The number of likely N-dealkylation sites (tertiary alicyclic amines) is 1. The van der Waals surface area contributed by atoms with Gasteiger partial charge in [0.1, 0.15) is 11.6 Å². The summed E-state index contributed by atoms with van der Waals surface area (Å²) in [6.45, 7) is 2.85. The first-order valence-corrected chi connectivity index (χ1v) is 12.9. The van der Waals surface area contributed by atoms with Gasteiger partial charge in [0, 0.05) is 43.5 Å². The minimum atomic E-state index is -4.41. The fraction of sp³-hybridized carbons (Fsp3) is 0.423. The first kappa shape index (κ1) is 31.8. The molecule has 1 atom stereocenters. The van der Waals surface area contributed by atoms with Crippen molar-refractivity contribution in [3.05, 3.63) is 69.8 Å². The number of benzene rings is 1. The van der Waals surface area contributed by atoms with Gasteiger partial charge in [-0.25, -0.2) is 4.39 Å². The molecule has 3 aliphatic heterocycles. The first-order valence-electron chi connectivity index (χ1n) is 12.9. The highest BCUT2D eigenvalue weighted by molar-refractivity contribution is 6.11. The molecule has 3 heterocycles. The van der Waals surface area contributed by atoms with E-state index >= 15 is 0 Å². The van der Waals surface area contributed by atoms with Gasteiger partial charge >= 0.3 is 5.79 Å². The molecule has 3 aliphatic rings. The lowest BCUT2D eigenvalue weighted by molar-refractivity contribution is -0.407. The van der Waals surface area contributed by atoms with Gasteiger partial charge in [-0.15, -0.1) is 0 Å². The number of carbonyl (C=O) groups excluding carboxylic acids is 3. The molecule has 1 aromatic carbocycles. The predicted octanol–water partition coefficient (Wildman–Crippen LogP) is -2.66. The smallest absolute Gasteiger partial charge is 0.306 e. The minimum Gasteiger partial charge on any atom is -0.509 e. The predicted molar refractivity (Wildman–Crippen MR) is 139 cm³/mol. The van der Waals surface area contributed by atoms with E-state index in [0.717, 1.165) is 13.1 Å². The summed E-state index contributed by atoms with van der Waals surface area (Å²) in [6, 6.07) is 4.58. The number of allylic oxidation sites excluding steroid dienone is 1. The Morgan fingerprint density at radius 2 is 1.72 bits per heavy atom. The molecule has 234 valence electrons. The summed E-state index contributed by atoms with van der Waals surface area (Å²) in [5.41, 5.74) is -4.29. The molecule has 1 aromatic rings. The molecule has 3 fully saturated rings. The maximum absolute atomic E-state index is 14.9. The Bertz CT molecular complexity index is 1430. The van der Waals surface area contributed by atoms with E-state index in [1.54, 1.807) is 6.07 Å². The van der Waals surface area contributed by atoms with Crippen LogP contribution < -0.4 is 10.6 Å². The lowest BCUT2D eigenvalue weighted by atomic mass is 9.87. The Morgan fingerprint density at radius 1 is 1.07 bits per heavy atom. The van der Waals surface area contributed by atoms with Crippen molar-refractivity contribution in [3.63, 3.8) is 0 Å². The van der Waals surface area contributed by atoms with Crippen molar-refractivity contribution in [2.24, 2.45) is 0 Å². The van der Waals surface area contributed by atoms with Crippen molar-refractivity contribution < 1.29 is 64.4 Å². The number of halogens is 1. The highest BCUT2D eigenvalue weighted by Gasteiger charge is 2.76. The van der Waals surface area contributed by atoms with Gasteiger partial charge in [0.05, 0.1) is 25.3 Å². The molecule has 10 N–H and O–H groups in total. The number of morpholine rings is 1. The van der Waals surface area contributed by atoms with Crippen molar-refractivity contribution in [2.45, 2.75) is 37.3 Å². The standard InChI is InChI=1S/C26H31FN4O12/c1-13(32)19(33)20(34)18-16(10-28-9-15-3-2-14(8-17(15)27)11-30-4-6-43-7-5-30)12-31(21(18)35)24(38)22(36)29-23(37)25(39,40)26(24,41)42/h2-3,8,10,28,32-34,38-42H,4-7,9,11-12H2,1H3,(H,29,36,37)/b16-10+,19-13-,20-18-. The number of aliphatic hydroxyl groups excluding tert-OH is 3. The van der Waals surface area contributed by atoms with Gasteiger partial charge in [-0.3, -0.25) is 29.5 Å². The van der Waals surface area contributed by atoms with E-state index in [0.29, 0.717) is 38.4 Å². The summed E-state index contributed by atoms with van der Waals surface area (Å²) in [7, 11) is 0. The molecule has 4 rings (SSSR count). The van der Waals surface area contributed by atoms with Gasteiger partial charge in [-0.2, -0.15) is 0 Å². The number of hydrogen-bond donors (Lipinski definition) is 10. The zero-order chi connectivity index (χ0) is 31.9. The van der Waals surface area contributed by atoms with Crippen LogP contribution in [0, 0.1) is 5.82 Å². The Kier molecular flexibility index (Phi) is 8.53. The Morgan fingerprint density at radius 3 is 2.33 bits per heavy atom. The van der Waals surface area contributed by atoms with Crippen LogP contribution in [0.5, 0.6) is 0 Å². The molecular weight excluding hydrogens is 579 g/mol. The van der Waals surface area contributed by atoms with Gasteiger partial charge in [-0.1, -0.05) is 12.1 Å². The molecule has 0 bridgehead atoms. The van der Waals surface area contributed by atoms with Crippen LogP contribution in [0.2, 0.25) is 0 Å². The quantitative estimate of drug-likeness (QED) is 0.0655. The van der Waals surface area contributed by atoms with Crippen LogP contribution in [-0.2, 0) is 32.2 Å². The van der Waals surface area contributed by atoms with E-state index in [-0.39, 0.29) is 22.6 Å². The molecule has 0 saturated carbocycles. The van der Waals surface area contributed by atoms with E-state index in [9.17, 15) is 59.6 Å². The van der Waals surface area contributed by atoms with Crippen LogP contribution in [-0.4, -0.2) is 119 Å². The minimum absolute atomic E-state index is 0.0178. The second-order valence-corrected chi connectivity index (χ2v) is 10.2. The molecule has 3 saturated heterocycles.